The molecular weight excluding hydrogens is 264 g/mol. The van der Waals surface area contributed by atoms with Crippen molar-refractivity contribution in [1.82, 2.24) is 0 Å². The van der Waals surface area contributed by atoms with Crippen LogP contribution in [0.25, 0.3) is 0 Å². The van der Waals surface area contributed by atoms with Gasteiger partial charge in [0.2, 0.25) is 0 Å². The molecule has 2 nitrogen and oxygen atoms in total. The molecule has 1 aromatic carbocycles. The van der Waals surface area contributed by atoms with E-state index < -0.39 is 5.82 Å². The van der Waals surface area contributed by atoms with Crippen LogP contribution < -0.4 is 5.32 Å². The van der Waals surface area contributed by atoms with Crippen LogP contribution in [0.1, 0.15) is 13.8 Å². The largest absolute Gasteiger partial charge is 0.383 e. The molecule has 0 bridgehead atoms. The summed E-state index contributed by atoms with van der Waals surface area (Å²) in [4.78, 5) is 0. The van der Waals surface area contributed by atoms with E-state index in [1.165, 1.54) is 12.1 Å². The number of hydrogen-bond acceptors (Lipinski definition) is 2. The van der Waals surface area contributed by atoms with Crippen LogP contribution >= 0.6 is 23.2 Å². The first-order chi connectivity index (χ1) is 8.00. The normalized spacial score (nSPS) is 10.9. The molecule has 0 aliphatic heterocycles. The van der Waals surface area contributed by atoms with E-state index in [0.29, 0.717) is 24.8 Å². The lowest BCUT2D eigenvalue weighted by Gasteiger charge is -2.10. The summed E-state index contributed by atoms with van der Waals surface area (Å²) < 4.78 is 18.5. The molecule has 1 N–H and O–H groups in total. The monoisotopic (exact) mass is 279 g/mol. The minimum Gasteiger partial charge on any atom is -0.383 e. The number of benzene rings is 1. The maximum atomic E-state index is 13.1. The van der Waals surface area contributed by atoms with Crippen molar-refractivity contribution in [3.63, 3.8) is 0 Å². The minimum atomic E-state index is -0.588. The second-order valence-corrected chi connectivity index (χ2v) is 4.96. The third kappa shape index (κ3) is 5.11. The van der Waals surface area contributed by atoms with E-state index in [0.717, 1.165) is 6.61 Å². The van der Waals surface area contributed by atoms with Gasteiger partial charge in [-0.2, -0.15) is 0 Å². The Morgan fingerprint density at radius 3 is 2.41 bits per heavy atom. The number of ether oxygens (including phenoxy) is 1. The zero-order chi connectivity index (χ0) is 12.8. The second-order valence-electron chi connectivity index (χ2n) is 4.15. The summed E-state index contributed by atoms with van der Waals surface area (Å²) in [6.45, 7) is 6.13. The van der Waals surface area contributed by atoms with Crippen molar-refractivity contribution in [2.24, 2.45) is 5.92 Å². The first-order valence-corrected chi connectivity index (χ1v) is 6.22. The van der Waals surface area contributed by atoms with Gasteiger partial charge in [0.15, 0.2) is 5.82 Å². The Kier molecular flexibility index (Phi) is 6.03. The van der Waals surface area contributed by atoms with Crippen LogP contribution in [0.5, 0.6) is 0 Å². The fourth-order valence-electron chi connectivity index (χ4n) is 1.24. The summed E-state index contributed by atoms with van der Waals surface area (Å²) in [6, 6.07) is 3.01. The lowest BCUT2D eigenvalue weighted by molar-refractivity contribution is 0.118. The zero-order valence-electron chi connectivity index (χ0n) is 9.90. The van der Waals surface area contributed by atoms with Crippen molar-refractivity contribution in [3.05, 3.63) is 28.0 Å². The van der Waals surface area contributed by atoms with Crippen LogP contribution in [0, 0.1) is 11.7 Å². The number of nitrogens with one attached hydrogen (secondary N) is 1. The van der Waals surface area contributed by atoms with Crippen molar-refractivity contribution in [2.45, 2.75) is 13.8 Å². The predicted molar refractivity (Wildman–Crippen MR) is 70.6 cm³/mol. The third-order valence-corrected chi connectivity index (χ3v) is 2.56. The first kappa shape index (κ1) is 14.6. The standard InChI is InChI=1S/C12H16Cl2FNO/c1-8(2)7-17-4-3-16-9-5-10(13)12(15)11(14)6-9/h5-6,8,16H,3-4,7H2,1-2H3. The molecule has 0 saturated heterocycles. The molecule has 0 aliphatic carbocycles. The molecule has 1 rings (SSSR count). The second kappa shape index (κ2) is 7.04. The van der Waals surface area contributed by atoms with Crippen molar-refractivity contribution in [2.75, 3.05) is 25.1 Å². The van der Waals surface area contributed by atoms with Crippen LogP contribution in [0.15, 0.2) is 12.1 Å². The van der Waals surface area contributed by atoms with Crippen molar-refractivity contribution < 1.29 is 9.13 Å². The Labute approximate surface area is 111 Å². The molecule has 96 valence electrons. The summed E-state index contributed by atoms with van der Waals surface area (Å²) in [6.07, 6.45) is 0. The quantitative estimate of drug-likeness (QED) is 0.622. The number of halogens is 3. The smallest absolute Gasteiger partial charge is 0.160 e. The molecule has 17 heavy (non-hydrogen) atoms. The molecule has 0 unspecified atom stereocenters. The topological polar surface area (TPSA) is 21.3 Å². The van der Waals surface area contributed by atoms with E-state index in [-0.39, 0.29) is 10.0 Å². The van der Waals surface area contributed by atoms with Crippen LogP contribution in [0.2, 0.25) is 10.0 Å². The zero-order valence-corrected chi connectivity index (χ0v) is 11.4. The summed E-state index contributed by atoms with van der Waals surface area (Å²) >= 11 is 11.3. The molecular formula is C12H16Cl2FNO. The first-order valence-electron chi connectivity index (χ1n) is 5.47. The van der Waals surface area contributed by atoms with Gasteiger partial charge in [-0.1, -0.05) is 37.0 Å². The summed E-state index contributed by atoms with van der Waals surface area (Å²) in [7, 11) is 0. The van der Waals surface area contributed by atoms with E-state index in [1.54, 1.807) is 0 Å². The molecule has 0 saturated carbocycles. The maximum absolute atomic E-state index is 13.1. The molecule has 5 heteroatoms. The number of anilines is 1. The summed E-state index contributed by atoms with van der Waals surface area (Å²) in [5.74, 6) is -0.0698. The van der Waals surface area contributed by atoms with Crippen LogP contribution in [-0.2, 0) is 4.74 Å². The van der Waals surface area contributed by atoms with Gasteiger partial charge in [-0.3, -0.25) is 0 Å². The van der Waals surface area contributed by atoms with Gasteiger partial charge in [0.25, 0.3) is 0 Å². The predicted octanol–water partition coefficient (Wildman–Crippen LogP) is 4.22. The molecule has 0 radical (unpaired) electrons. The van der Waals surface area contributed by atoms with Crippen molar-refractivity contribution >= 4 is 28.9 Å². The van der Waals surface area contributed by atoms with E-state index >= 15 is 0 Å². The molecule has 0 heterocycles. The van der Waals surface area contributed by atoms with Crippen LogP contribution in [0.3, 0.4) is 0 Å². The molecule has 0 atom stereocenters. The van der Waals surface area contributed by atoms with Gasteiger partial charge < -0.3 is 10.1 Å². The van der Waals surface area contributed by atoms with Crippen molar-refractivity contribution in [3.8, 4) is 0 Å². The van der Waals surface area contributed by atoms with E-state index in [2.05, 4.69) is 19.2 Å². The highest BCUT2D eigenvalue weighted by molar-refractivity contribution is 6.35. The van der Waals surface area contributed by atoms with Gasteiger partial charge in [0, 0.05) is 18.8 Å². The van der Waals surface area contributed by atoms with E-state index in [9.17, 15) is 4.39 Å². The van der Waals surface area contributed by atoms with E-state index in [4.69, 9.17) is 27.9 Å². The maximum Gasteiger partial charge on any atom is 0.160 e. The molecule has 0 aliphatic rings. The SMILES string of the molecule is CC(C)COCCNc1cc(Cl)c(F)c(Cl)c1. The summed E-state index contributed by atoms with van der Waals surface area (Å²) in [5.41, 5.74) is 0.689. The molecule has 0 spiro atoms. The Hall–Kier alpha value is -0.510. The van der Waals surface area contributed by atoms with Gasteiger partial charge in [-0.15, -0.1) is 0 Å². The number of rotatable bonds is 6. The average molecular weight is 280 g/mol. The van der Waals surface area contributed by atoms with Gasteiger partial charge in [-0.25, -0.2) is 4.39 Å². The Balaban J connectivity index is 2.37. The van der Waals surface area contributed by atoms with Crippen molar-refractivity contribution in [1.29, 1.82) is 0 Å². The minimum absolute atomic E-state index is 0.0168. The van der Waals surface area contributed by atoms with Gasteiger partial charge in [0.1, 0.15) is 0 Å². The fourth-order valence-corrected chi connectivity index (χ4v) is 1.73. The Morgan fingerprint density at radius 1 is 1.29 bits per heavy atom. The molecule has 0 fully saturated rings. The average Bonchev–Trinajstić information content (AvgIpc) is 2.25. The van der Waals surface area contributed by atoms with Gasteiger partial charge in [-0.05, 0) is 18.1 Å². The number of hydrogen-bond donors (Lipinski definition) is 1. The highest BCUT2D eigenvalue weighted by Crippen LogP contribution is 2.27. The summed E-state index contributed by atoms with van der Waals surface area (Å²) in [5, 5.41) is 3.10. The molecule has 0 amide bonds. The lowest BCUT2D eigenvalue weighted by atomic mass is 10.2. The Morgan fingerprint density at radius 2 is 1.88 bits per heavy atom. The van der Waals surface area contributed by atoms with Gasteiger partial charge >= 0.3 is 0 Å². The van der Waals surface area contributed by atoms with Crippen LogP contribution in [0.4, 0.5) is 10.1 Å². The third-order valence-electron chi connectivity index (χ3n) is 2.01. The van der Waals surface area contributed by atoms with Crippen LogP contribution in [-0.4, -0.2) is 19.8 Å². The molecule has 0 aromatic heterocycles. The lowest BCUT2D eigenvalue weighted by Crippen LogP contribution is -2.12. The highest BCUT2D eigenvalue weighted by Gasteiger charge is 2.06. The molecule has 1 aromatic rings. The Bertz CT molecular complexity index is 349. The van der Waals surface area contributed by atoms with Gasteiger partial charge in [0.05, 0.1) is 16.7 Å². The van der Waals surface area contributed by atoms with E-state index in [1.807, 2.05) is 0 Å². The highest BCUT2D eigenvalue weighted by atomic mass is 35.5. The fraction of sp³-hybridized carbons (Fsp3) is 0.500.